The van der Waals surface area contributed by atoms with Gasteiger partial charge in [-0.1, -0.05) is 0 Å². The standard InChI is InChI=1S/C15H30N2/c1-13(2)16-9-5-7-15(11-16)8-6-10-17(12-15)14(3)4/h13-14H,5-12H2,1-4H3. The van der Waals surface area contributed by atoms with E-state index in [2.05, 4.69) is 37.5 Å². The van der Waals surface area contributed by atoms with Crippen LogP contribution in [0.2, 0.25) is 0 Å². The van der Waals surface area contributed by atoms with Gasteiger partial charge in [0.15, 0.2) is 0 Å². The number of likely N-dealkylation sites (tertiary alicyclic amines) is 2. The fourth-order valence-corrected chi connectivity index (χ4v) is 3.71. The molecule has 1 spiro atoms. The SMILES string of the molecule is CC(C)N1CCCC2(CCCN(C(C)C)C2)C1. The molecule has 2 nitrogen and oxygen atoms in total. The molecule has 0 saturated carbocycles. The molecule has 0 N–H and O–H groups in total. The van der Waals surface area contributed by atoms with Crippen molar-refractivity contribution in [3.05, 3.63) is 0 Å². The molecule has 2 aliphatic heterocycles. The van der Waals surface area contributed by atoms with Gasteiger partial charge in [0.05, 0.1) is 0 Å². The lowest BCUT2D eigenvalue weighted by molar-refractivity contribution is -0.00717. The van der Waals surface area contributed by atoms with Gasteiger partial charge in [-0.25, -0.2) is 0 Å². The van der Waals surface area contributed by atoms with E-state index in [1.807, 2.05) is 0 Å². The van der Waals surface area contributed by atoms with Gasteiger partial charge in [-0.15, -0.1) is 0 Å². The topological polar surface area (TPSA) is 6.48 Å². The molecule has 2 saturated heterocycles. The monoisotopic (exact) mass is 238 g/mol. The second-order valence-corrected chi connectivity index (χ2v) is 6.84. The van der Waals surface area contributed by atoms with E-state index >= 15 is 0 Å². The molecule has 0 bridgehead atoms. The Labute approximate surface area is 107 Å². The quantitative estimate of drug-likeness (QED) is 0.730. The third-order valence-electron chi connectivity index (χ3n) is 4.84. The first kappa shape index (κ1) is 13.4. The van der Waals surface area contributed by atoms with Crippen molar-refractivity contribution in [2.45, 2.75) is 65.5 Å². The van der Waals surface area contributed by atoms with Gasteiger partial charge >= 0.3 is 0 Å². The van der Waals surface area contributed by atoms with Crippen LogP contribution in [-0.2, 0) is 0 Å². The van der Waals surface area contributed by atoms with Crippen molar-refractivity contribution in [3.63, 3.8) is 0 Å². The van der Waals surface area contributed by atoms with Crippen LogP contribution < -0.4 is 0 Å². The molecule has 2 aliphatic rings. The summed E-state index contributed by atoms with van der Waals surface area (Å²) in [4.78, 5) is 5.40. The largest absolute Gasteiger partial charge is 0.300 e. The van der Waals surface area contributed by atoms with E-state index in [9.17, 15) is 0 Å². The van der Waals surface area contributed by atoms with Gasteiger partial charge in [-0.2, -0.15) is 0 Å². The average Bonchev–Trinajstić information content (AvgIpc) is 2.29. The molecule has 100 valence electrons. The summed E-state index contributed by atoms with van der Waals surface area (Å²) in [6.45, 7) is 14.7. The zero-order chi connectivity index (χ0) is 12.5. The van der Waals surface area contributed by atoms with Crippen molar-refractivity contribution in [1.82, 2.24) is 9.80 Å². The lowest BCUT2D eigenvalue weighted by atomic mass is 9.73. The van der Waals surface area contributed by atoms with E-state index in [1.54, 1.807) is 0 Å². The summed E-state index contributed by atoms with van der Waals surface area (Å²) in [6.07, 6.45) is 5.73. The van der Waals surface area contributed by atoms with Crippen LogP contribution in [0.4, 0.5) is 0 Å². The Bertz CT molecular complexity index is 221. The molecule has 2 rings (SSSR count). The van der Waals surface area contributed by atoms with Crippen molar-refractivity contribution in [2.75, 3.05) is 26.2 Å². The van der Waals surface area contributed by atoms with Gasteiger partial charge in [0, 0.05) is 25.2 Å². The van der Waals surface area contributed by atoms with Crippen LogP contribution in [0.3, 0.4) is 0 Å². The highest BCUT2D eigenvalue weighted by atomic mass is 15.2. The summed E-state index contributed by atoms with van der Waals surface area (Å²) in [5, 5.41) is 0. The maximum Gasteiger partial charge on any atom is 0.00530 e. The van der Waals surface area contributed by atoms with E-state index in [0.29, 0.717) is 5.41 Å². The Morgan fingerprint density at radius 3 is 1.53 bits per heavy atom. The molecule has 0 unspecified atom stereocenters. The predicted molar refractivity (Wildman–Crippen MR) is 74.3 cm³/mol. The summed E-state index contributed by atoms with van der Waals surface area (Å²) in [6, 6.07) is 1.45. The first-order valence-corrected chi connectivity index (χ1v) is 7.50. The first-order valence-electron chi connectivity index (χ1n) is 7.50. The first-order chi connectivity index (χ1) is 8.02. The van der Waals surface area contributed by atoms with E-state index in [-0.39, 0.29) is 0 Å². The molecule has 0 aromatic carbocycles. The lowest BCUT2D eigenvalue weighted by Crippen LogP contribution is -2.54. The summed E-state index contributed by atoms with van der Waals surface area (Å²) in [5.74, 6) is 0. The molecule has 0 atom stereocenters. The number of piperidine rings is 2. The highest BCUT2D eigenvalue weighted by Crippen LogP contribution is 2.39. The van der Waals surface area contributed by atoms with Crippen LogP contribution in [-0.4, -0.2) is 48.1 Å². The van der Waals surface area contributed by atoms with Crippen LogP contribution in [0.1, 0.15) is 53.4 Å². The van der Waals surface area contributed by atoms with Gasteiger partial charge in [0.2, 0.25) is 0 Å². The number of rotatable bonds is 2. The fourth-order valence-electron chi connectivity index (χ4n) is 3.71. The van der Waals surface area contributed by atoms with Crippen LogP contribution in [0.15, 0.2) is 0 Å². The van der Waals surface area contributed by atoms with E-state index in [1.165, 1.54) is 51.9 Å². The Hall–Kier alpha value is -0.0800. The molecule has 2 fully saturated rings. The second-order valence-electron chi connectivity index (χ2n) is 6.84. The fraction of sp³-hybridized carbons (Fsp3) is 1.00. The lowest BCUT2D eigenvalue weighted by Gasteiger charge is -2.50. The third kappa shape index (κ3) is 3.03. The van der Waals surface area contributed by atoms with Crippen LogP contribution in [0, 0.1) is 5.41 Å². The smallest absolute Gasteiger partial charge is 0.00530 e. The Morgan fingerprint density at radius 2 is 1.18 bits per heavy atom. The third-order valence-corrected chi connectivity index (χ3v) is 4.84. The molecule has 2 heterocycles. The van der Waals surface area contributed by atoms with E-state index in [4.69, 9.17) is 0 Å². The Balaban J connectivity index is 2.02. The zero-order valence-corrected chi connectivity index (χ0v) is 12.2. The van der Waals surface area contributed by atoms with Crippen molar-refractivity contribution in [2.24, 2.45) is 5.41 Å². The summed E-state index contributed by atoms with van der Waals surface area (Å²) in [7, 11) is 0. The summed E-state index contributed by atoms with van der Waals surface area (Å²) < 4.78 is 0. The minimum atomic E-state index is 0.616. The minimum absolute atomic E-state index is 0.616. The van der Waals surface area contributed by atoms with E-state index in [0.717, 1.165) is 12.1 Å². The van der Waals surface area contributed by atoms with Crippen LogP contribution >= 0.6 is 0 Å². The molecule has 17 heavy (non-hydrogen) atoms. The normalized spacial score (nSPS) is 27.2. The van der Waals surface area contributed by atoms with Gasteiger partial charge in [0.25, 0.3) is 0 Å². The highest BCUT2D eigenvalue weighted by Gasteiger charge is 2.39. The molecule has 2 heteroatoms. The Morgan fingerprint density at radius 1 is 0.765 bits per heavy atom. The summed E-state index contributed by atoms with van der Waals surface area (Å²) >= 11 is 0. The van der Waals surface area contributed by atoms with Gasteiger partial charge in [-0.05, 0) is 71.9 Å². The predicted octanol–water partition coefficient (Wildman–Crippen LogP) is 2.98. The van der Waals surface area contributed by atoms with Gasteiger partial charge in [-0.3, -0.25) is 0 Å². The molecule has 0 aromatic rings. The summed E-state index contributed by atoms with van der Waals surface area (Å²) in [5.41, 5.74) is 0.616. The van der Waals surface area contributed by atoms with Crippen molar-refractivity contribution in [3.8, 4) is 0 Å². The highest BCUT2D eigenvalue weighted by molar-refractivity contribution is 4.93. The van der Waals surface area contributed by atoms with Crippen molar-refractivity contribution >= 4 is 0 Å². The Kier molecular flexibility index (Phi) is 4.14. The average molecular weight is 238 g/mol. The van der Waals surface area contributed by atoms with Crippen LogP contribution in [0.25, 0.3) is 0 Å². The molecule has 0 radical (unpaired) electrons. The number of hydrogen-bond acceptors (Lipinski definition) is 2. The van der Waals surface area contributed by atoms with Gasteiger partial charge in [0.1, 0.15) is 0 Å². The minimum Gasteiger partial charge on any atom is -0.300 e. The molecule has 0 aliphatic carbocycles. The molecule has 0 aromatic heterocycles. The number of hydrogen-bond donors (Lipinski definition) is 0. The maximum absolute atomic E-state index is 2.70. The maximum atomic E-state index is 2.70. The van der Waals surface area contributed by atoms with Crippen LogP contribution in [0.5, 0.6) is 0 Å². The zero-order valence-electron chi connectivity index (χ0n) is 12.2. The van der Waals surface area contributed by atoms with E-state index < -0.39 is 0 Å². The second kappa shape index (κ2) is 5.27. The molecular formula is C15H30N2. The van der Waals surface area contributed by atoms with Crippen molar-refractivity contribution in [1.29, 1.82) is 0 Å². The van der Waals surface area contributed by atoms with Gasteiger partial charge < -0.3 is 9.80 Å². The molecular weight excluding hydrogens is 208 g/mol. The number of nitrogens with zero attached hydrogens (tertiary/aromatic N) is 2. The molecule has 0 amide bonds. The van der Waals surface area contributed by atoms with Crippen molar-refractivity contribution < 1.29 is 0 Å².